The molecule has 2 aromatic heterocycles. The van der Waals surface area contributed by atoms with Crippen LogP contribution >= 0.6 is 0 Å². The summed E-state index contributed by atoms with van der Waals surface area (Å²) in [5, 5.41) is 13.3. The van der Waals surface area contributed by atoms with E-state index in [0.717, 1.165) is 6.20 Å². The molecule has 2 atom stereocenters. The molecule has 216 valence electrons. The van der Waals surface area contributed by atoms with Gasteiger partial charge < -0.3 is 15.4 Å². The van der Waals surface area contributed by atoms with Crippen molar-refractivity contribution in [3.8, 4) is 17.1 Å². The van der Waals surface area contributed by atoms with Crippen LogP contribution in [-0.2, 0) is 17.9 Å². The van der Waals surface area contributed by atoms with E-state index in [1.165, 1.54) is 23.0 Å². The van der Waals surface area contributed by atoms with E-state index < -0.39 is 36.5 Å². The number of para-hydroxylation sites is 1. The number of aromatic nitrogens is 4. The molecule has 0 fully saturated rings. The van der Waals surface area contributed by atoms with Crippen molar-refractivity contribution >= 4 is 23.2 Å². The lowest BCUT2D eigenvalue weighted by Crippen LogP contribution is -2.42. The first-order chi connectivity index (χ1) is 20.1. The molecule has 2 aliphatic heterocycles. The largest absolute Gasteiger partial charge is 0.474 e. The number of nitrogens with zero attached hydrogens (tertiary/aromatic N) is 5. The summed E-state index contributed by atoms with van der Waals surface area (Å²) >= 11 is 0. The number of benzene rings is 2. The van der Waals surface area contributed by atoms with E-state index in [9.17, 15) is 27.2 Å². The fourth-order valence-electron chi connectivity index (χ4n) is 4.85. The third kappa shape index (κ3) is 5.22. The van der Waals surface area contributed by atoms with Gasteiger partial charge in [0.15, 0.2) is 0 Å². The Hall–Kier alpha value is -5.01. The van der Waals surface area contributed by atoms with Gasteiger partial charge in [0.2, 0.25) is 12.0 Å². The van der Waals surface area contributed by atoms with Crippen LogP contribution in [0.15, 0.2) is 65.9 Å². The minimum absolute atomic E-state index is 0.0284. The van der Waals surface area contributed by atoms with E-state index in [4.69, 9.17) is 4.74 Å². The number of fused-ring (bicyclic) bond motifs is 2. The molecule has 0 radical (unpaired) electrons. The van der Waals surface area contributed by atoms with Gasteiger partial charge >= 0.3 is 6.18 Å². The lowest BCUT2D eigenvalue weighted by Gasteiger charge is -2.22. The molecule has 4 aromatic rings. The van der Waals surface area contributed by atoms with Crippen molar-refractivity contribution in [2.45, 2.75) is 44.9 Å². The number of hydrogen-bond donors (Lipinski definition) is 2. The molecule has 6 rings (SSSR count). The Morgan fingerprint density at radius 1 is 1.14 bits per heavy atom. The van der Waals surface area contributed by atoms with E-state index in [2.05, 4.69) is 25.8 Å². The molecule has 0 unspecified atom stereocenters. The summed E-state index contributed by atoms with van der Waals surface area (Å²) in [5.74, 6) is -2.19. The number of carbonyl (C=O) groups excluding carboxylic acids is 2. The highest BCUT2D eigenvalue weighted by atomic mass is 19.4. The maximum atomic E-state index is 14.8. The molecule has 0 aliphatic carbocycles. The summed E-state index contributed by atoms with van der Waals surface area (Å²) in [6.07, 6.45) is -3.40. The van der Waals surface area contributed by atoms with E-state index >= 15 is 0 Å². The summed E-state index contributed by atoms with van der Waals surface area (Å²) in [4.78, 5) is 31.6. The van der Waals surface area contributed by atoms with Crippen molar-refractivity contribution in [2.24, 2.45) is 4.99 Å². The smallest absolute Gasteiger partial charge is 0.408 e. The maximum Gasteiger partial charge on any atom is 0.408 e. The molecule has 2 N–H and O–H groups in total. The minimum atomic E-state index is -4.51. The lowest BCUT2D eigenvalue weighted by molar-refractivity contribution is -0.142. The molecule has 4 heterocycles. The first kappa shape index (κ1) is 27.2. The Morgan fingerprint density at radius 2 is 1.93 bits per heavy atom. The van der Waals surface area contributed by atoms with Gasteiger partial charge in [0.05, 0.1) is 23.7 Å². The van der Waals surface area contributed by atoms with E-state index in [1.807, 2.05) is 0 Å². The van der Waals surface area contributed by atoms with Crippen molar-refractivity contribution < 1.29 is 31.9 Å². The zero-order chi connectivity index (χ0) is 29.6. The van der Waals surface area contributed by atoms with E-state index in [-0.39, 0.29) is 40.2 Å². The lowest BCUT2D eigenvalue weighted by atomic mass is 10.0. The number of nitrogens with one attached hydrogen (secondary N) is 2. The van der Waals surface area contributed by atoms with Crippen molar-refractivity contribution in [1.82, 2.24) is 24.9 Å². The zero-order valence-corrected chi connectivity index (χ0v) is 22.0. The van der Waals surface area contributed by atoms with Gasteiger partial charge in [-0.25, -0.2) is 14.1 Å². The number of benzodiazepines with no additional fused rings is 1. The number of aryl methyl sites for hydroxylation is 1. The second-order valence-corrected chi connectivity index (χ2v) is 9.88. The average Bonchev–Trinajstić information content (AvgIpc) is 3.52. The van der Waals surface area contributed by atoms with Gasteiger partial charge in [-0.1, -0.05) is 42.5 Å². The molecule has 0 spiro atoms. The predicted octanol–water partition coefficient (Wildman–Crippen LogP) is 4.16. The van der Waals surface area contributed by atoms with Crippen molar-refractivity contribution in [3.63, 3.8) is 0 Å². The van der Waals surface area contributed by atoms with Crippen LogP contribution in [0.1, 0.15) is 34.8 Å². The number of hydrogen-bond acceptors (Lipinski definition) is 6. The number of alkyl halides is 3. The number of anilines is 1. The van der Waals surface area contributed by atoms with E-state index in [0.29, 0.717) is 28.8 Å². The number of halogens is 4. The van der Waals surface area contributed by atoms with Crippen LogP contribution in [-0.4, -0.2) is 55.5 Å². The van der Waals surface area contributed by atoms with Gasteiger partial charge in [0, 0.05) is 35.9 Å². The monoisotopic (exact) mass is 581 g/mol. The Bertz CT molecular complexity index is 1710. The normalized spacial score (nSPS) is 18.2. The maximum absolute atomic E-state index is 14.8. The Morgan fingerprint density at radius 3 is 2.69 bits per heavy atom. The number of rotatable bonds is 5. The van der Waals surface area contributed by atoms with Crippen molar-refractivity contribution in [2.75, 3.05) is 5.32 Å². The Labute approximate surface area is 236 Å². The van der Waals surface area contributed by atoms with Crippen LogP contribution in [0.4, 0.5) is 23.2 Å². The van der Waals surface area contributed by atoms with Crippen LogP contribution in [0, 0.1) is 5.82 Å². The molecule has 14 heteroatoms. The number of aliphatic imine (C=N–C) groups is 1. The second-order valence-electron chi connectivity index (χ2n) is 9.88. The summed E-state index contributed by atoms with van der Waals surface area (Å²) in [7, 11) is 0. The highest BCUT2D eigenvalue weighted by Crippen LogP contribution is 2.35. The summed E-state index contributed by atoms with van der Waals surface area (Å²) in [6.45, 7) is 0.869. The second kappa shape index (κ2) is 10.4. The van der Waals surface area contributed by atoms with Gasteiger partial charge in [-0.15, -0.1) is 0 Å². The summed E-state index contributed by atoms with van der Waals surface area (Å²) in [5.41, 5.74) is 1.17. The molecule has 0 saturated heterocycles. The van der Waals surface area contributed by atoms with Gasteiger partial charge in [-0.3, -0.25) is 14.3 Å². The molecular formula is C28H23F4N7O3. The predicted molar refractivity (Wildman–Crippen MR) is 143 cm³/mol. The fourth-order valence-corrected chi connectivity index (χ4v) is 4.85. The summed E-state index contributed by atoms with van der Waals surface area (Å²) in [6, 6.07) is 13.1. The Kier molecular flexibility index (Phi) is 6.75. The standard InChI is InChI=1S/C28H23F4N7O3/c1-15-10-11-39-27(42-15)20(22(37-39)17-12-33-38(13-17)14-28(30,31)32)25(40)36-24-26(41)35-23-18(8-5-9-19(23)29)21(34-24)16-6-3-2-4-7-16/h2-9,12-13,15,24H,10-11,14H2,1H3,(H,35,41)(H,36,40)/t15-,24+/m0/s1. The zero-order valence-electron chi connectivity index (χ0n) is 22.0. The first-order valence-corrected chi connectivity index (χ1v) is 13.0. The highest BCUT2D eigenvalue weighted by Gasteiger charge is 2.35. The highest BCUT2D eigenvalue weighted by molar-refractivity contribution is 6.20. The van der Waals surface area contributed by atoms with Gasteiger partial charge in [-0.05, 0) is 13.0 Å². The van der Waals surface area contributed by atoms with Crippen LogP contribution in [0.2, 0.25) is 0 Å². The fraction of sp³-hybridized carbons (Fsp3) is 0.250. The van der Waals surface area contributed by atoms with Crippen molar-refractivity contribution in [3.05, 3.63) is 83.4 Å². The molecule has 0 saturated carbocycles. The number of carbonyl (C=O) groups is 2. The van der Waals surface area contributed by atoms with Gasteiger partial charge in [-0.2, -0.15) is 23.4 Å². The van der Waals surface area contributed by atoms with Gasteiger partial charge in [0.1, 0.15) is 23.6 Å². The Balaban J connectivity index is 1.40. The van der Waals surface area contributed by atoms with Crippen LogP contribution in [0.25, 0.3) is 11.3 Å². The molecular weight excluding hydrogens is 558 g/mol. The SMILES string of the molecule is C[C@H]1CCn2nc(-c3cnn(CC(F)(F)F)c3)c(C(=O)N[C@H]3N=C(c4ccccc4)c4cccc(F)c4NC3=O)c2O1. The first-order valence-electron chi connectivity index (χ1n) is 13.0. The third-order valence-electron chi connectivity index (χ3n) is 6.78. The molecule has 10 nitrogen and oxygen atoms in total. The number of ether oxygens (including phenoxy) is 1. The minimum Gasteiger partial charge on any atom is -0.474 e. The molecule has 2 aromatic carbocycles. The average molecular weight is 582 g/mol. The summed E-state index contributed by atoms with van der Waals surface area (Å²) < 4.78 is 61.8. The van der Waals surface area contributed by atoms with Crippen LogP contribution in [0.5, 0.6) is 5.88 Å². The quantitative estimate of drug-likeness (QED) is 0.344. The van der Waals surface area contributed by atoms with Gasteiger partial charge in [0.25, 0.3) is 11.8 Å². The van der Waals surface area contributed by atoms with E-state index in [1.54, 1.807) is 43.3 Å². The van der Waals surface area contributed by atoms with Crippen LogP contribution < -0.4 is 15.4 Å². The molecule has 2 aliphatic rings. The molecule has 42 heavy (non-hydrogen) atoms. The number of amides is 2. The molecule has 0 bridgehead atoms. The molecule has 2 amide bonds. The third-order valence-corrected chi connectivity index (χ3v) is 6.78. The topological polar surface area (TPSA) is 115 Å². The van der Waals surface area contributed by atoms with Crippen molar-refractivity contribution in [1.29, 1.82) is 0 Å². The van der Waals surface area contributed by atoms with Crippen LogP contribution in [0.3, 0.4) is 0 Å².